The minimum Gasteiger partial charge on any atom is -0.364 e. The molecule has 0 aliphatic carbocycles. The molecule has 0 unspecified atom stereocenters. The molecular formula is C10H12N2O. The topological polar surface area (TPSA) is 32.3 Å². The van der Waals surface area contributed by atoms with E-state index in [9.17, 15) is 4.79 Å². The van der Waals surface area contributed by atoms with Crippen LogP contribution in [0.3, 0.4) is 0 Å². The van der Waals surface area contributed by atoms with Gasteiger partial charge in [-0.2, -0.15) is 0 Å². The van der Waals surface area contributed by atoms with E-state index in [0.717, 1.165) is 16.9 Å². The minimum absolute atomic E-state index is 0.0561. The number of aryl methyl sites for hydroxylation is 1. The maximum atomic E-state index is 11.2. The van der Waals surface area contributed by atoms with E-state index in [0.29, 0.717) is 6.54 Å². The summed E-state index contributed by atoms with van der Waals surface area (Å²) in [6, 6.07) is 6.07. The van der Waals surface area contributed by atoms with Crippen LogP contribution in [0.4, 0.5) is 11.4 Å². The summed E-state index contributed by atoms with van der Waals surface area (Å²) in [5.41, 5.74) is 3.17. The molecule has 1 aliphatic heterocycles. The highest BCUT2D eigenvalue weighted by molar-refractivity contribution is 6.01. The average molecular weight is 176 g/mol. The van der Waals surface area contributed by atoms with Gasteiger partial charge in [-0.3, -0.25) is 4.79 Å². The minimum atomic E-state index is 0.0561. The highest BCUT2D eigenvalue weighted by Gasteiger charge is 2.18. The zero-order valence-corrected chi connectivity index (χ0v) is 7.79. The molecule has 1 heterocycles. The molecular weight excluding hydrogens is 164 g/mol. The monoisotopic (exact) mass is 176 g/mol. The Bertz CT molecular complexity index is 360. The molecule has 1 aromatic carbocycles. The fraction of sp³-hybridized carbons (Fsp3) is 0.300. The summed E-state index contributed by atoms with van der Waals surface area (Å²) >= 11 is 0. The largest absolute Gasteiger partial charge is 0.364 e. The number of anilines is 2. The standard InChI is InChI=1S/C10H12N2O/c1-7-3-4-9-8(5-7)11-10(13)6-12(9)2/h3-5H,6H2,1-2H3,(H,11,13). The van der Waals surface area contributed by atoms with Crippen LogP contribution in [0.5, 0.6) is 0 Å². The van der Waals surface area contributed by atoms with E-state index in [4.69, 9.17) is 0 Å². The summed E-state index contributed by atoms with van der Waals surface area (Å²) in [6.45, 7) is 2.46. The van der Waals surface area contributed by atoms with Crippen molar-refractivity contribution in [2.24, 2.45) is 0 Å². The summed E-state index contributed by atoms with van der Waals surface area (Å²) in [4.78, 5) is 13.1. The van der Waals surface area contributed by atoms with Crippen molar-refractivity contribution in [2.75, 3.05) is 23.8 Å². The van der Waals surface area contributed by atoms with Gasteiger partial charge in [0, 0.05) is 7.05 Å². The van der Waals surface area contributed by atoms with Gasteiger partial charge in [-0.15, -0.1) is 0 Å². The number of nitrogens with one attached hydrogen (secondary N) is 1. The van der Waals surface area contributed by atoms with E-state index in [-0.39, 0.29) is 5.91 Å². The van der Waals surface area contributed by atoms with Crippen LogP contribution >= 0.6 is 0 Å². The van der Waals surface area contributed by atoms with Crippen LogP contribution in [0.25, 0.3) is 0 Å². The van der Waals surface area contributed by atoms with E-state index in [1.807, 2.05) is 37.1 Å². The molecule has 0 saturated carbocycles. The normalized spacial score (nSPS) is 15.2. The summed E-state index contributed by atoms with van der Waals surface area (Å²) in [5, 5.41) is 2.85. The van der Waals surface area contributed by atoms with Crippen LogP contribution in [-0.4, -0.2) is 19.5 Å². The number of hydrogen-bond acceptors (Lipinski definition) is 2. The Labute approximate surface area is 77.4 Å². The second-order valence-corrected chi connectivity index (χ2v) is 3.42. The van der Waals surface area contributed by atoms with Crippen molar-refractivity contribution in [1.82, 2.24) is 0 Å². The SMILES string of the molecule is Cc1ccc2c(c1)NC(=O)CN2C. The van der Waals surface area contributed by atoms with Crippen molar-refractivity contribution in [3.63, 3.8) is 0 Å². The Hall–Kier alpha value is -1.51. The van der Waals surface area contributed by atoms with Crippen molar-refractivity contribution in [1.29, 1.82) is 0 Å². The van der Waals surface area contributed by atoms with Gasteiger partial charge >= 0.3 is 0 Å². The second kappa shape index (κ2) is 2.76. The van der Waals surface area contributed by atoms with Crippen LogP contribution in [0.2, 0.25) is 0 Å². The van der Waals surface area contributed by atoms with Crippen LogP contribution in [0.1, 0.15) is 5.56 Å². The number of likely N-dealkylation sites (N-methyl/N-ethyl adjacent to an activating group) is 1. The molecule has 1 aliphatic rings. The summed E-state index contributed by atoms with van der Waals surface area (Å²) in [7, 11) is 1.92. The highest BCUT2D eigenvalue weighted by atomic mass is 16.2. The van der Waals surface area contributed by atoms with Gasteiger partial charge in [0.2, 0.25) is 5.91 Å². The Morgan fingerprint density at radius 3 is 3.00 bits per heavy atom. The molecule has 0 atom stereocenters. The number of rotatable bonds is 0. The molecule has 3 heteroatoms. The molecule has 0 bridgehead atoms. The first-order valence-electron chi connectivity index (χ1n) is 4.28. The number of fused-ring (bicyclic) bond motifs is 1. The summed E-state index contributed by atoms with van der Waals surface area (Å²) < 4.78 is 0. The van der Waals surface area contributed by atoms with Crippen LogP contribution in [-0.2, 0) is 4.79 Å². The maximum absolute atomic E-state index is 11.2. The first-order chi connectivity index (χ1) is 6.16. The van der Waals surface area contributed by atoms with Crippen LogP contribution < -0.4 is 10.2 Å². The van der Waals surface area contributed by atoms with E-state index < -0.39 is 0 Å². The summed E-state index contributed by atoms with van der Waals surface area (Å²) in [6.07, 6.45) is 0. The van der Waals surface area contributed by atoms with Crippen LogP contribution in [0, 0.1) is 6.92 Å². The van der Waals surface area contributed by atoms with Crippen LogP contribution in [0.15, 0.2) is 18.2 Å². The predicted octanol–water partition coefficient (Wildman–Crippen LogP) is 1.38. The highest BCUT2D eigenvalue weighted by Crippen LogP contribution is 2.28. The molecule has 1 aromatic rings. The molecule has 1 N–H and O–H groups in total. The van der Waals surface area contributed by atoms with E-state index in [1.165, 1.54) is 0 Å². The van der Waals surface area contributed by atoms with Gasteiger partial charge in [0.15, 0.2) is 0 Å². The Morgan fingerprint density at radius 2 is 2.23 bits per heavy atom. The molecule has 2 rings (SSSR count). The number of benzene rings is 1. The molecule has 3 nitrogen and oxygen atoms in total. The fourth-order valence-corrected chi connectivity index (χ4v) is 1.57. The van der Waals surface area contributed by atoms with Crippen molar-refractivity contribution < 1.29 is 4.79 Å². The van der Waals surface area contributed by atoms with Gasteiger partial charge in [-0.1, -0.05) is 6.07 Å². The molecule has 68 valence electrons. The third-order valence-corrected chi connectivity index (χ3v) is 2.22. The number of nitrogens with zero attached hydrogens (tertiary/aromatic N) is 1. The third-order valence-electron chi connectivity index (χ3n) is 2.22. The lowest BCUT2D eigenvalue weighted by Gasteiger charge is -2.27. The van der Waals surface area contributed by atoms with Gasteiger partial charge < -0.3 is 10.2 Å². The predicted molar refractivity (Wildman–Crippen MR) is 53.1 cm³/mol. The fourth-order valence-electron chi connectivity index (χ4n) is 1.57. The maximum Gasteiger partial charge on any atom is 0.243 e. The lowest BCUT2D eigenvalue weighted by atomic mass is 10.1. The molecule has 0 saturated heterocycles. The smallest absolute Gasteiger partial charge is 0.243 e. The number of carbonyl (C=O) groups is 1. The number of hydrogen-bond donors (Lipinski definition) is 1. The van der Waals surface area contributed by atoms with Crippen molar-refractivity contribution in [3.8, 4) is 0 Å². The number of amides is 1. The van der Waals surface area contributed by atoms with E-state index in [2.05, 4.69) is 5.32 Å². The van der Waals surface area contributed by atoms with Crippen molar-refractivity contribution >= 4 is 17.3 Å². The van der Waals surface area contributed by atoms with Gasteiger partial charge in [0.25, 0.3) is 0 Å². The zero-order valence-electron chi connectivity index (χ0n) is 7.79. The zero-order chi connectivity index (χ0) is 9.42. The van der Waals surface area contributed by atoms with E-state index >= 15 is 0 Å². The molecule has 1 amide bonds. The van der Waals surface area contributed by atoms with Gasteiger partial charge in [0.1, 0.15) is 0 Å². The lowest BCUT2D eigenvalue weighted by Crippen LogP contribution is -2.35. The molecule has 13 heavy (non-hydrogen) atoms. The van der Waals surface area contributed by atoms with Gasteiger partial charge in [-0.05, 0) is 24.6 Å². The molecule has 0 radical (unpaired) electrons. The first-order valence-corrected chi connectivity index (χ1v) is 4.28. The van der Waals surface area contributed by atoms with Gasteiger partial charge in [-0.25, -0.2) is 0 Å². The summed E-state index contributed by atoms with van der Waals surface area (Å²) in [5.74, 6) is 0.0561. The quantitative estimate of drug-likeness (QED) is 0.647. The Balaban J connectivity index is 2.49. The molecule has 0 fully saturated rings. The van der Waals surface area contributed by atoms with Gasteiger partial charge in [0.05, 0.1) is 17.9 Å². The Morgan fingerprint density at radius 1 is 1.46 bits per heavy atom. The van der Waals surface area contributed by atoms with E-state index in [1.54, 1.807) is 0 Å². The third kappa shape index (κ3) is 1.37. The van der Waals surface area contributed by atoms with Crippen molar-refractivity contribution in [2.45, 2.75) is 6.92 Å². The average Bonchev–Trinajstić information content (AvgIpc) is 2.02. The van der Waals surface area contributed by atoms with Crippen molar-refractivity contribution in [3.05, 3.63) is 23.8 Å². The molecule has 0 spiro atoms. The first kappa shape index (κ1) is 8.10. The lowest BCUT2D eigenvalue weighted by molar-refractivity contribution is -0.115. The molecule has 0 aromatic heterocycles. The Kier molecular flexibility index (Phi) is 1.72. The second-order valence-electron chi connectivity index (χ2n) is 3.42. The number of carbonyl (C=O) groups excluding carboxylic acids is 1.